The summed E-state index contributed by atoms with van der Waals surface area (Å²) in [6.45, 7) is 3.51. The van der Waals surface area contributed by atoms with Gasteiger partial charge in [0.2, 0.25) is 5.91 Å². The standard InChI is InChI=1S/C19H16ClNO4/c1-19(2)17-16(18(23)25-19)11(9-15(22)21-17)14-8-7-13(24-14)10-5-3-4-6-12(10)20/h3-8,11H,9H2,1-2H3,(H,21,22). The van der Waals surface area contributed by atoms with E-state index in [1.807, 2.05) is 18.2 Å². The third-order valence-electron chi connectivity index (χ3n) is 4.55. The minimum atomic E-state index is -0.848. The summed E-state index contributed by atoms with van der Waals surface area (Å²) >= 11 is 6.22. The number of hydrogen-bond donors (Lipinski definition) is 1. The van der Waals surface area contributed by atoms with Gasteiger partial charge >= 0.3 is 5.97 Å². The molecule has 0 saturated heterocycles. The number of carbonyl (C=O) groups is 2. The van der Waals surface area contributed by atoms with Gasteiger partial charge in [0, 0.05) is 12.0 Å². The predicted molar refractivity (Wildman–Crippen MR) is 91.9 cm³/mol. The molecule has 1 aromatic carbocycles. The number of amides is 1. The van der Waals surface area contributed by atoms with Crippen LogP contribution in [0.5, 0.6) is 0 Å². The third-order valence-corrected chi connectivity index (χ3v) is 4.88. The second-order valence-corrected chi connectivity index (χ2v) is 7.08. The van der Waals surface area contributed by atoms with Gasteiger partial charge in [0.1, 0.15) is 17.1 Å². The van der Waals surface area contributed by atoms with Gasteiger partial charge in [0.15, 0.2) is 0 Å². The summed E-state index contributed by atoms with van der Waals surface area (Å²) in [6.07, 6.45) is 0.138. The van der Waals surface area contributed by atoms with Crippen LogP contribution in [0.25, 0.3) is 11.3 Å². The SMILES string of the molecule is CC1(C)OC(=O)C2=C1NC(=O)CC2c1ccc(-c2ccccc2Cl)o1. The van der Waals surface area contributed by atoms with Crippen LogP contribution in [0.4, 0.5) is 0 Å². The predicted octanol–water partition coefficient (Wildman–Crippen LogP) is 3.79. The lowest BCUT2D eigenvalue weighted by Gasteiger charge is -2.26. The van der Waals surface area contributed by atoms with Crippen LogP contribution >= 0.6 is 11.6 Å². The number of carbonyl (C=O) groups excluding carboxylic acids is 2. The lowest BCUT2D eigenvalue weighted by atomic mass is 9.86. The van der Waals surface area contributed by atoms with Gasteiger partial charge in [-0.1, -0.05) is 23.7 Å². The van der Waals surface area contributed by atoms with Gasteiger partial charge in [-0.25, -0.2) is 4.79 Å². The van der Waals surface area contributed by atoms with Gasteiger partial charge in [-0.2, -0.15) is 0 Å². The van der Waals surface area contributed by atoms with Crippen LogP contribution < -0.4 is 5.32 Å². The van der Waals surface area contributed by atoms with Crippen molar-refractivity contribution >= 4 is 23.5 Å². The molecule has 1 amide bonds. The minimum absolute atomic E-state index is 0.138. The van der Waals surface area contributed by atoms with Crippen LogP contribution in [-0.2, 0) is 14.3 Å². The topological polar surface area (TPSA) is 68.5 Å². The number of rotatable bonds is 2. The van der Waals surface area contributed by atoms with Crippen molar-refractivity contribution in [3.05, 3.63) is 58.5 Å². The van der Waals surface area contributed by atoms with Crippen LogP contribution in [0.2, 0.25) is 5.02 Å². The normalized spacial score (nSPS) is 21.8. The van der Waals surface area contributed by atoms with E-state index in [-0.39, 0.29) is 12.3 Å². The van der Waals surface area contributed by atoms with Crippen molar-refractivity contribution in [2.45, 2.75) is 31.8 Å². The molecule has 128 valence electrons. The van der Waals surface area contributed by atoms with Crippen molar-refractivity contribution in [1.82, 2.24) is 5.32 Å². The summed E-state index contributed by atoms with van der Waals surface area (Å²) in [4.78, 5) is 24.5. The van der Waals surface area contributed by atoms with Gasteiger partial charge in [-0.15, -0.1) is 0 Å². The second kappa shape index (κ2) is 5.49. The van der Waals surface area contributed by atoms with Crippen LogP contribution in [0.15, 0.2) is 52.1 Å². The summed E-state index contributed by atoms with van der Waals surface area (Å²) in [5.41, 5.74) is 0.900. The Morgan fingerprint density at radius 2 is 1.92 bits per heavy atom. The van der Waals surface area contributed by atoms with E-state index < -0.39 is 17.5 Å². The number of esters is 1. The maximum absolute atomic E-state index is 12.4. The van der Waals surface area contributed by atoms with Crippen molar-refractivity contribution in [2.75, 3.05) is 0 Å². The first-order valence-electron chi connectivity index (χ1n) is 7.99. The fourth-order valence-electron chi connectivity index (χ4n) is 3.37. The number of hydrogen-bond acceptors (Lipinski definition) is 4. The summed E-state index contributed by atoms with van der Waals surface area (Å²) in [6, 6.07) is 10.9. The molecule has 25 heavy (non-hydrogen) atoms. The van der Waals surface area contributed by atoms with E-state index in [2.05, 4.69) is 5.32 Å². The zero-order valence-electron chi connectivity index (χ0n) is 13.8. The monoisotopic (exact) mass is 357 g/mol. The molecule has 1 aromatic heterocycles. The van der Waals surface area contributed by atoms with E-state index in [1.54, 1.807) is 32.0 Å². The Labute approximate surface area is 149 Å². The maximum Gasteiger partial charge on any atom is 0.337 e. The number of furan rings is 1. The molecule has 0 saturated carbocycles. The average Bonchev–Trinajstić information content (AvgIpc) is 3.11. The number of halogens is 1. The highest BCUT2D eigenvalue weighted by Crippen LogP contribution is 2.43. The van der Waals surface area contributed by atoms with E-state index in [0.29, 0.717) is 27.8 Å². The molecule has 2 aromatic rings. The number of nitrogens with one attached hydrogen (secondary N) is 1. The molecule has 0 spiro atoms. The lowest BCUT2D eigenvalue weighted by Crippen LogP contribution is -2.38. The zero-order chi connectivity index (χ0) is 17.8. The Hall–Kier alpha value is -2.53. The molecule has 1 unspecified atom stereocenters. The van der Waals surface area contributed by atoms with Crippen molar-refractivity contribution in [3.8, 4) is 11.3 Å². The molecule has 1 atom stereocenters. The molecule has 2 aliphatic heterocycles. The summed E-state index contributed by atoms with van der Waals surface area (Å²) in [5.74, 6) is 0.104. The molecule has 2 aliphatic rings. The van der Waals surface area contributed by atoms with E-state index >= 15 is 0 Å². The lowest BCUT2D eigenvalue weighted by molar-refractivity contribution is -0.144. The Kier molecular flexibility index (Phi) is 3.51. The molecule has 0 fully saturated rings. The molecule has 3 heterocycles. The van der Waals surface area contributed by atoms with Crippen molar-refractivity contribution in [1.29, 1.82) is 0 Å². The molecule has 0 aliphatic carbocycles. The summed E-state index contributed by atoms with van der Waals surface area (Å²) < 4.78 is 11.4. The molecular weight excluding hydrogens is 342 g/mol. The Balaban J connectivity index is 1.77. The second-order valence-electron chi connectivity index (χ2n) is 6.68. The largest absolute Gasteiger partial charge is 0.460 e. The smallest absolute Gasteiger partial charge is 0.337 e. The van der Waals surface area contributed by atoms with Crippen LogP contribution in [0.3, 0.4) is 0 Å². The highest BCUT2D eigenvalue weighted by Gasteiger charge is 2.48. The van der Waals surface area contributed by atoms with Gasteiger partial charge in [-0.3, -0.25) is 4.79 Å². The minimum Gasteiger partial charge on any atom is -0.460 e. The van der Waals surface area contributed by atoms with E-state index in [0.717, 1.165) is 5.56 Å². The molecule has 4 rings (SSSR count). The number of cyclic esters (lactones) is 1. The summed E-state index contributed by atoms with van der Waals surface area (Å²) in [7, 11) is 0. The first-order chi connectivity index (χ1) is 11.9. The van der Waals surface area contributed by atoms with Gasteiger partial charge in [0.25, 0.3) is 0 Å². The van der Waals surface area contributed by atoms with Crippen LogP contribution in [0.1, 0.15) is 31.9 Å². The van der Waals surface area contributed by atoms with Gasteiger partial charge < -0.3 is 14.5 Å². The third kappa shape index (κ3) is 2.55. The first kappa shape index (κ1) is 16.0. The molecule has 6 heteroatoms. The van der Waals surface area contributed by atoms with Crippen LogP contribution in [-0.4, -0.2) is 17.5 Å². The highest BCUT2D eigenvalue weighted by atomic mass is 35.5. The summed E-state index contributed by atoms with van der Waals surface area (Å²) in [5, 5.41) is 3.35. The Bertz CT molecular complexity index is 925. The Morgan fingerprint density at radius 3 is 2.68 bits per heavy atom. The fourth-order valence-corrected chi connectivity index (χ4v) is 3.59. The number of ether oxygens (including phenoxy) is 1. The van der Waals surface area contributed by atoms with Crippen LogP contribution in [0, 0.1) is 0 Å². The van der Waals surface area contributed by atoms with E-state index in [9.17, 15) is 9.59 Å². The van der Waals surface area contributed by atoms with Crippen molar-refractivity contribution in [3.63, 3.8) is 0 Å². The molecule has 0 bridgehead atoms. The van der Waals surface area contributed by atoms with Crippen molar-refractivity contribution < 1.29 is 18.7 Å². The molecular formula is C19H16ClNO4. The first-order valence-corrected chi connectivity index (χ1v) is 8.37. The zero-order valence-corrected chi connectivity index (χ0v) is 14.5. The quantitative estimate of drug-likeness (QED) is 0.830. The van der Waals surface area contributed by atoms with Gasteiger partial charge in [0.05, 0.1) is 22.2 Å². The molecule has 1 N–H and O–H groups in total. The fraction of sp³-hybridized carbons (Fsp3) is 0.263. The van der Waals surface area contributed by atoms with E-state index in [4.69, 9.17) is 20.8 Å². The Morgan fingerprint density at radius 1 is 1.16 bits per heavy atom. The number of benzene rings is 1. The molecule has 5 nitrogen and oxygen atoms in total. The maximum atomic E-state index is 12.4. The van der Waals surface area contributed by atoms with E-state index in [1.165, 1.54) is 0 Å². The van der Waals surface area contributed by atoms with Crippen molar-refractivity contribution in [2.24, 2.45) is 0 Å². The highest BCUT2D eigenvalue weighted by molar-refractivity contribution is 6.33. The van der Waals surface area contributed by atoms with Gasteiger partial charge in [-0.05, 0) is 38.1 Å². The molecule has 0 radical (unpaired) electrons. The average molecular weight is 358 g/mol.